The molecule has 0 fully saturated rings. The van der Waals surface area contributed by atoms with Gasteiger partial charge in [-0.15, -0.1) is 21.5 Å². The first-order valence-electron chi connectivity index (χ1n) is 10.2. The molecule has 0 unspecified atom stereocenters. The van der Waals surface area contributed by atoms with Crippen molar-refractivity contribution < 1.29 is 4.79 Å². The van der Waals surface area contributed by atoms with Gasteiger partial charge < -0.3 is 5.32 Å². The number of benzene rings is 1. The first kappa shape index (κ1) is 20.3. The van der Waals surface area contributed by atoms with Crippen LogP contribution in [0.15, 0.2) is 34.4 Å². The third-order valence-electron chi connectivity index (χ3n) is 5.32. The number of aryl methyl sites for hydroxylation is 4. The van der Waals surface area contributed by atoms with Gasteiger partial charge in [-0.25, -0.2) is 0 Å². The Balaban J connectivity index is 1.51. The highest BCUT2D eigenvalue weighted by molar-refractivity contribution is 7.17. The molecule has 0 saturated carbocycles. The molecule has 3 aromatic heterocycles. The fourth-order valence-corrected chi connectivity index (χ4v) is 4.44. The minimum atomic E-state index is -0.0179. The summed E-state index contributed by atoms with van der Waals surface area (Å²) in [6.07, 6.45) is 2.49. The maximum Gasteiger partial charge on any atom is 0.272 e. The first-order valence-corrected chi connectivity index (χ1v) is 11.1. The van der Waals surface area contributed by atoms with Gasteiger partial charge in [0.1, 0.15) is 10.5 Å². The van der Waals surface area contributed by atoms with Gasteiger partial charge in [-0.2, -0.15) is 0 Å². The van der Waals surface area contributed by atoms with E-state index >= 15 is 0 Å². The fraction of sp³-hybridized carbons (Fsp3) is 0.364. The van der Waals surface area contributed by atoms with Crippen molar-refractivity contribution in [2.75, 3.05) is 5.32 Å². The van der Waals surface area contributed by atoms with Crippen molar-refractivity contribution in [3.05, 3.63) is 57.0 Å². The van der Waals surface area contributed by atoms with E-state index in [4.69, 9.17) is 0 Å². The summed E-state index contributed by atoms with van der Waals surface area (Å²) in [5.74, 6) is 1.33. The highest BCUT2D eigenvalue weighted by Crippen LogP contribution is 2.21. The van der Waals surface area contributed by atoms with Crippen molar-refractivity contribution >= 4 is 38.9 Å². The van der Waals surface area contributed by atoms with E-state index in [1.165, 1.54) is 16.9 Å². The van der Waals surface area contributed by atoms with Crippen LogP contribution in [0.4, 0.5) is 5.69 Å². The number of hydrogen-bond donors (Lipinski definition) is 1. The van der Waals surface area contributed by atoms with Crippen LogP contribution in [0.3, 0.4) is 0 Å². The van der Waals surface area contributed by atoms with Gasteiger partial charge in [0, 0.05) is 25.1 Å². The maximum absolute atomic E-state index is 12.8. The van der Waals surface area contributed by atoms with E-state index in [2.05, 4.69) is 15.5 Å². The Bertz CT molecular complexity index is 1280. The smallest absolute Gasteiger partial charge is 0.272 e. The highest BCUT2D eigenvalue weighted by atomic mass is 32.1. The summed E-state index contributed by atoms with van der Waals surface area (Å²) in [5, 5.41) is 13.5. The van der Waals surface area contributed by atoms with E-state index in [0.29, 0.717) is 36.3 Å². The van der Waals surface area contributed by atoms with Crippen molar-refractivity contribution in [1.29, 1.82) is 0 Å². The number of thiophene rings is 1. The zero-order chi connectivity index (χ0) is 21.3. The van der Waals surface area contributed by atoms with Crippen molar-refractivity contribution in [2.24, 2.45) is 0 Å². The second kappa shape index (κ2) is 8.39. The van der Waals surface area contributed by atoms with Gasteiger partial charge in [0.15, 0.2) is 0 Å². The molecule has 4 rings (SSSR count). The molecule has 0 radical (unpaired) electrons. The molecule has 7 nitrogen and oxygen atoms in total. The van der Waals surface area contributed by atoms with Crippen molar-refractivity contribution in [3.63, 3.8) is 0 Å². The lowest BCUT2D eigenvalue weighted by molar-refractivity contribution is -0.116. The van der Waals surface area contributed by atoms with E-state index in [1.807, 2.05) is 54.8 Å². The Morgan fingerprint density at radius 1 is 1.17 bits per heavy atom. The molecule has 0 bridgehead atoms. The quantitative estimate of drug-likeness (QED) is 0.485. The molecular weight excluding hydrogens is 398 g/mol. The van der Waals surface area contributed by atoms with Crippen molar-refractivity contribution in [1.82, 2.24) is 19.2 Å². The van der Waals surface area contributed by atoms with Gasteiger partial charge in [-0.1, -0.05) is 13.0 Å². The predicted octanol–water partition coefficient (Wildman–Crippen LogP) is 4.09. The Hall–Kier alpha value is -3.00. The lowest BCUT2D eigenvalue weighted by Crippen LogP contribution is -2.22. The molecule has 8 heteroatoms. The second-order valence-corrected chi connectivity index (χ2v) is 8.46. The number of carbonyl (C=O) groups is 1. The second-order valence-electron chi connectivity index (χ2n) is 7.54. The Kier molecular flexibility index (Phi) is 5.67. The molecule has 0 aliphatic rings. The van der Waals surface area contributed by atoms with E-state index in [9.17, 15) is 9.59 Å². The zero-order valence-electron chi connectivity index (χ0n) is 17.4. The third kappa shape index (κ3) is 3.75. The Morgan fingerprint density at radius 3 is 2.77 bits per heavy atom. The van der Waals surface area contributed by atoms with Gasteiger partial charge in [0.2, 0.25) is 11.7 Å². The van der Waals surface area contributed by atoms with Crippen LogP contribution in [0, 0.1) is 13.8 Å². The largest absolute Gasteiger partial charge is 0.326 e. The molecule has 4 aromatic rings. The van der Waals surface area contributed by atoms with Gasteiger partial charge in [0.05, 0.1) is 5.52 Å². The van der Waals surface area contributed by atoms with Crippen LogP contribution in [-0.4, -0.2) is 25.1 Å². The van der Waals surface area contributed by atoms with E-state index in [0.717, 1.165) is 29.0 Å². The molecular formula is C22H25N5O2S. The number of amides is 1. The lowest BCUT2D eigenvalue weighted by Gasteiger charge is -2.09. The number of nitrogens with zero attached hydrogens (tertiary/aromatic N) is 4. The third-order valence-corrected chi connectivity index (χ3v) is 6.21. The van der Waals surface area contributed by atoms with Crippen LogP contribution < -0.4 is 10.9 Å². The van der Waals surface area contributed by atoms with Crippen LogP contribution in [0.2, 0.25) is 0 Å². The number of aromatic nitrogens is 4. The van der Waals surface area contributed by atoms with Crippen LogP contribution >= 0.6 is 11.3 Å². The minimum Gasteiger partial charge on any atom is -0.326 e. The van der Waals surface area contributed by atoms with Crippen molar-refractivity contribution in [2.45, 2.75) is 53.0 Å². The molecule has 1 aromatic carbocycles. The van der Waals surface area contributed by atoms with Gasteiger partial charge in [0.25, 0.3) is 5.56 Å². The summed E-state index contributed by atoms with van der Waals surface area (Å²) in [6, 6.07) is 7.85. The average molecular weight is 424 g/mol. The summed E-state index contributed by atoms with van der Waals surface area (Å²) in [5.41, 5.74) is 4.00. The zero-order valence-corrected chi connectivity index (χ0v) is 18.3. The summed E-state index contributed by atoms with van der Waals surface area (Å²) in [6.45, 7) is 6.72. The SMILES string of the molecule is CCCn1c(=O)c2sccc2n2c(CCCC(=O)Nc3ccc(C)c(C)c3)nnc12. The van der Waals surface area contributed by atoms with E-state index < -0.39 is 0 Å². The van der Waals surface area contributed by atoms with E-state index in [-0.39, 0.29) is 11.5 Å². The topological polar surface area (TPSA) is 81.3 Å². The molecule has 0 saturated heterocycles. The minimum absolute atomic E-state index is 0.0129. The normalized spacial score (nSPS) is 11.4. The molecule has 1 N–H and O–H groups in total. The monoisotopic (exact) mass is 423 g/mol. The number of nitrogens with one attached hydrogen (secondary N) is 1. The number of carbonyl (C=O) groups excluding carboxylic acids is 1. The maximum atomic E-state index is 12.8. The number of hydrogen-bond acceptors (Lipinski definition) is 5. The highest BCUT2D eigenvalue weighted by Gasteiger charge is 2.17. The summed E-state index contributed by atoms with van der Waals surface area (Å²) in [4.78, 5) is 25.1. The van der Waals surface area contributed by atoms with E-state index in [1.54, 1.807) is 4.57 Å². The van der Waals surface area contributed by atoms with Crippen LogP contribution in [0.25, 0.3) is 16.0 Å². The molecule has 30 heavy (non-hydrogen) atoms. The van der Waals surface area contributed by atoms with Crippen LogP contribution in [0.1, 0.15) is 43.1 Å². The van der Waals surface area contributed by atoms with Crippen LogP contribution in [0.5, 0.6) is 0 Å². The first-order chi connectivity index (χ1) is 14.5. The molecule has 0 aliphatic heterocycles. The Labute approximate surface area is 178 Å². The number of fused-ring (bicyclic) bond motifs is 3. The summed E-state index contributed by atoms with van der Waals surface area (Å²) < 4.78 is 4.37. The molecule has 156 valence electrons. The molecule has 1 amide bonds. The summed E-state index contributed by atoms with van der Waals surface area (Å²) >= 11 is 1.44. The Morgan fingerprint density at radius 2 is 2.00 bits per heavy atom. The standard InChI is InChI=1S/C22H25N5O2S/c1-4-11-26-21(29)20-17(10-12-30-20)27-18(24-25-22(26)27)6-5-7-19(28)23-16-9-8-14(2)15(3)13-16/h8-10,12-13H,4-7,11H2,1-3H3,(H,23,28). The van der Waals surface area contributed by atoms with Gasteiger partial charge in [-0.05, 0) is 61.4 Å². The number of rotatable bonds is 7. The van der Waals surface area contributed by atoms with Crippen LogP contribution in [-0.2, 0) is 17.8 Å². The summed E-state index contributed by atoms with van der Waals surface area (Å²) in [7, 11) is 0. The van der Waals surface area contributed by atoms with Gasteiger partial charge >= 0.3 is 0 Å². The fourth-order valence-electron chi connectivity index (χ4n) is 3.62. The predicted molar refractivity (Wildman–Crippen MR) is 120 cm³/mol. The molecule has 3 heterocycles. The number of anilines is 1. The van der Waals surface area contributed by atoms with Gasteiger partial charge in [-0.3, -0.25) is 18.6 Å². The molecule has 0 atom stereocenters. The van der Waals surface area contributed by atoms with Crippen molar-refractivity contribution in [3.8, 4) is 0 Å². The lowest BCUT2D eigenvalue weighted by atomic mass is 10.1. The molecule has 0 aliphatic carbocycles. The molecule has 0 spiro atoms. The average Bonchev–Trinajstić information content (AvgIpc) is 3.35.